The summed E-state index contributed by atoms with van der Waals surface area (Å²) < 4.78 is 33.1. The lowest BCUT2D eigenvalue weighted by Crippen LogP contribution is -2.53. The Labute approximate surface area is 178 Å². The maximum absolute atomic E-state index is 12.8. The third kappa shape index (κ3) is 5.38. The van der Waals surface area contributed by atoms with Crippen LogP contribution in [0.15, 0.2) is 53.4 Å². The van der Waals surface area contributed by atoms with E-state index in [0.717, 1.165) is 19.6 Å². The normalized spacial score (nSPS) is 16.3. The molecule has 8 heteroatoms. The van der Waals surface area contributed by atoms with Gasteiger partial charge in [-0.2, -0.15) is 4.72 Å². The maximum atomic E-state index is 12.8. The third-order valence-corrected chi connectivity index (χ3v) is 6.85. The van der Waals surface area contributed by atoms with Gasteiger partial charge in [0.1, 0.15) is 5.75 Å². The quantitative estimate of drug-likeness (QED) is 0.726. The summed E-state index contributed by atoms with van der Waals surface area (Å²) in [5.74, 6) is 0.412. The minimum Gasteiger partial charge on any atom is -0.496 e. The molecule has 1 aliphatic rings. The molecule has 2 aromatic rings. The van der Waals surface area contributed by atoms with Gasteiger partial charge in [0, 0.05) is 32.7 Å². The Morgan fingerprint density at radius 3 is 2.37 bits per heavy atom. The maximum Gasteiger partial charge on any atom is 0.241 e. The van der Waals surface area contributed by atoms with Crippen molar-refractivity contribution in [3.63, 3.8) is 0 Å². The van der Waals surface area contributed by atoms with E-state index >= 15 is 0 Å². The van der Waals surface area contributed by atoms with Crippen molar-refractivity contribution in [1.82, 2.24) is 14.5 Å². The van der Waals surface area contributed by atoms with Gasteiger partial charge in [0.15, 0.2) is 0 Å². The number of benzene rings is 2. The van der Waals surface area contributed by atoms with E-state index in [4.69, 9.17) is 4.74 Å². The lowest BCUT2D eigenvalue weighted by Gasteiger charge is -2.36. The van der Waals surface area contributed by atoms with Crippen molar-refractivity contribution >= 4 is 15.9 Å². The second-order valence-electron chi connectivity index (χ2n) is 7.56. The molecule has 1 N–H and O–H groups in total. The van der Waals surface area contributed by atoms with Gasteiger partial charge in [0.25, 0.3) is 0 Å². The van der Waals surface area contributed by atoms with Crippen molar-refractivity contribution in [3.8, 4) is 5.75 Å². The number of amides is 1. The van der Waals surface area contributed by atoms with Gasteiger partial charge in [0.05, 0.1) is 18.0 Å². The van der Waals surface area contributed by atoms with E-state index in [1.807, 2.05) is 18.2 Å². The Morgan fingerprint density at radius 1 is 1.10 bits per heavy atom. The van der Waals surface area contributed by atoms with Crippen LogP contribution < -0.4 is 9.46 Å². The SMILES string of the molecule is COc1ccc(S(=O)(=O)N[C@H](C)C(=O)N2CCN(Cc3ccccc3)CC2)cc1C. The first-order chi connectivity index (χ1) is 14.3. The summed E-state index contributed by atoms with van der Waals surface area (Å²) in [4.78, 5) is 16.9. The van der Waals surface area contributed by atoms with Crippen molar-refractivity contribution in [2.24, 2.45) is 0 Å². The van der Waals surface area contributed by atoms with Crippen molar-refractivity contribution in [3.05, 3.63) is 59.7 Å². The molecule has 1 saturated heterocycles. The molecule has 0 aromatic heterocycles. The number of rotatable bonds is 7. The van der Waals surface area contributed by atoms with Gasteiger partial charge >= 0.3 is 0 Å². The summed E-state index contributed by atoms with van der Waals surface area (Å²) in [5, 5.41) is 0. The van der Waals surface area contributed by atoms with Crippen molar-refractivity contribution in [2.45, 2.75) is 31.3 Å². The van der Waals surface area contributed by atoms with Crippen LogP contribution in [0.3, 0.4) is 0 Å². The highest BCUT2D eigenvalue weighted by molar-refractivity contribution is 7.89. The van der Waals surface area contributed by atoms with Crippen molar-refractivity contribution in [2.75, 3.05) is 33.3 Å². The van der Waals surface area contributed by atoms with Crippen LogP contribution in [-0.4, -0.2) is 63.5 Å². The zero-order valence-electron chi connectivity index (χ0n) is 17.7. The van der Waals surface area contributed by atoms with E-state index in [9.17, 15) is 13.2 Å². The first-order valence-corrected chi connectivity index (χ1v) is 11.5. The van der Waals surface area contributed by atoms with Gasteiger partial charge in [-0.15, -0.1) is 0 Å². The molecule has 1 heterocycles. The molecule has 0 aliphatic carbocycles. The molecule has 162 valence electrons. The fraction of sp³-hybridized carbons (Fsp3) is 0.409. The lowest BCUT2D eigenvalue weighted by atomic mass is 10.2. The molecular formula is C22H29N3O4S. The Bertz CT molecular complexity index is 971. The zero-order chi connectivity index (χ0) is 21.7. The number of methoxy groups -OCH3 is 1. The topological polar surface area (TPSA) is 78.9 Å². The summed E-state index contributed by atoms with van der Waals surface area (Å²) in [6, 6.07) is 14.0. The van der Waals surface area contributed by atoms with Gasteiger partial charge in [0.2, 0.25) is 15.9 Å². The molecular weight excluding hydrogens is 402 g/mol. The van der Waals surface area contributed by atoms with Crippen molar-refractivity contribution < 1.29 is 17.9 Å². The van der Waals surface area contributed by atoms with Crippen LogP contribution in [0.5, 0.6) is 5.75 Å². The van der Waals surface area contributed by atoms with Gasteiger partial charge in [-0.3, -0.25) is 9.69 Å². The third-order valence-electron chi connectivity index (χ3n) is 5.31. The fourth-order valence-corrected chi connectivity index (χ4v) is 4.89. The molecule has 0 radical (unpaired) electrons. The van der Waals surface area contributed by atoms with Gasteiger partial charge in [-0.05, 0) is 43.2 Å². The number of aryl methyl sites for hydroxylation is 1. The molecule has 1 aliphatic heterocycles. The van der Waals surface area contributed by atoms with E-state index in [2.05, 4.69) is 21.8 Å². The monoisotopic (exact) mass is 431 g/mol. The molecule has 3 rings (SSSR count). The molecule has 0 unspecified atom stereocenters. The number of nitrogens with zero attached hydrogens (tertiary/aromatic N) is 2. The molecule has 2 aromatic carbocycles. The highest BCUT2D eigenvalue weighted by atomic mass is 32.2. The first-order valence-electron chi connectivity index (χ1n) is 10.0. The Kier molecular flexibility index (Phi) is 7.12. The van der Waals surface area contributed by atoms with Crippen LogP contribution in [0.1, 0.15) is 18.1 Å². The number of hydrogen-bond donors (Lipinski definition) is 1. The molecule has 30 heavy (non-hydrogen) atoms. The zero-order valence-corrected chi connectivity index (χ0v) is 18.5. The summed E-state index contributed by atoms with van der Waals surface area (Å²) in [5.41, 5.74) is 1.96. The molecule has 0 spiro atoms. The van der Waals surface area contributed by atoms with E-state index in [0.29, 0.717) is 24.4 Å². The molecule has 0 saturated carbocycles. The van der Waals surface area contributed by atoms with Crippen LogP contribution in [0, 0.1) is 6.92 Å². The largest absolute Gasteiger partial charge is 0.496 e. The summed E-state index contributed by atoms with van der Waals surface area (Å²) in [6.45, 7) is 6.91. The Balaban J connectivity index is 1.56. The lowest BCUT2D eigenvalue weighted by molar-refractivity contribution is -0.134. The minimum atomic E-state index is -3.81. The van der Waals surface area contributed by atoms with Gasteiger partial charge < -0.3 is 9.64 Å². The van der Waals surface area contributed by atoms with Crippen LogP contribution in [0.2, 0.25) is 0 Å². The average molecular weight is 432 g/mol. The smallest absolute Gasteiger partial charge is 0.241 e. The second-order valence-corrected chi connectivity index (χ2v) is 9.28. The van der Waals surface area contributed by atoms with E-state index in [1.165, 1.54) is 18.7 Å². The Hall–Kier alpha value is -2.42. The molecule has 1 fully saturated rings. The van der Waals surface area contributed by atoms with E-state index in [1.54, 1.807) is 30.9 Å². The van der Waals surface area contributed by atoms with E-state index in [-0.39, 0.29) is 10.8 Å². The fourth-order valence-electron chi connectivity index (χ4n) is 3.61. The summed E-state index contributed by atoms with van der Waals surface area (Å²) >= 11 is 0. The van der Waals surface area contributed by atoms with Crippen LogP contribution >= 0.6 is 0 Å². The molecule has 1 atom stereocenters. The highest BCUT2D eigenvalue weighted by Gasteiger charge is 2.28. The number of nitrogens with one attached hydrogen (secondary N) is 1. The van der Waals surface area contributed by atoms with E-state index < -0.39 is 16.1 Å². The van der Waals surface area contributed by atoms with Crippen LogP contribution in [0.25, 0.3) is 0 Å². The second kappa shape index (κ2) is 9.59. The minimum absolute atomic E-state index is 0.119. The summed E-state index contributed by atoms with van der Waals surface area (Å²) in [7, 11) is -2.27. The van der Waals surface area contributed by atoms with Crippen molar-refractivity contribution in [1.29, 1.82) is 0 Å². The number of carbonyl (C=O) groups is 1. The molecule has 1 amide bonds. The molecule has 0 bridgehead atoms. The number of sulfonamides is 1. The van der Waals surface area contributed by atoms with Crippen LogP contribution in [0.4, 0.5) is 0 Å². The first kappa shape index (κ1) is 22.3. The number of piperazine rings is 1. The van der Waals surface area contributed by atoms with Gasteiger partial charge in [-0.1, -0.05) is 30.3 Å². The average Bonchev–Trinajstić information content (AvgIpc) is 2.74. The summed E-state index contributed by atoms with van der Waals surface area (Å²) in [6.07, 6.45) is 0. The van der Waals surface area contributed by atoms with Gasteiger partial charge in [-0.25, -0.2) is 8.42 Å². The number of ether oxygens (including phenoxy) is 1. The number of hydrogen-bond acceptors (Lipinski definition) is 5. The Morgan fingerprint density at radius 2 is 1.77 bits per heavy atom. The standard InChI is InChI=1S/C22H29N3O4S/c1-17-15-20(9-10-21(17)29-3)30(27,28)23-18(2)22(26)25-13-11-24(12-14-25)16-19-7-5-4-6-8-19/h4-10,15,18,23H,11-14,16H2,1-3H3/t18-/m1/s1. The predicted molar refractivity (Wildman–Crippen MR) is 116 cm³/mol. The predicted octanol–water partition coefficient (Wildman–Crippen LogP) is 2.01. The number of carbonyl (C=O) groups excluding carboxylic acids is 1. The molecule has 7 nitrogen and oxygen atoms in total. The highest BCUT2D eigenvalue weighted by Crippen LogP contribution is 2.21. The van der Waals surface area contributed by atoms with Crippen LogP contribution in [-0.2, 0) is 21.4 Å².